The number of nitrogens with one attached hydrogen (secondary N) is 2. The Bertz CT molecular complexity index is 622. The van der Waals surface area contributed by atoms with Crippen molar-refractivity contribution in [2.45, 2.75) is 51.0 Å². The van der Waals surface area contributed by atoms with Crippen molar-refractivity contribution >= 4 is 30.0 Å². The lowest BCUT2D eigenvalue weighted by atomic mass is 9.83. The Hall–Kier alpha value is -1.79. The van der Waals surface area contributed by atoms with Gasteiger partial charge in [0.25, 0.3) is 0 Å². The van der Waals surface area contributed by atoms with Gasteiger partial charge < -0.3 is 21.3 Å². The minimum absolute atomic E-state index is 0. The maximum atomic E-state index is 12.8. The fourth-order valence-corrected chi connectivity index (χ4v) is 4.31. The van der Waals surface area contributed by atoms with Gasteiger partial charge in [0, 0.05) is 31.4 Å². The highest BCUT2D eigenvalue weighted by atomic mass is 35.5. The minimum atomic E-state index is -0.155. The number of carbonyl (C=O) groups is 2. The molecule has 1 heterocycles. The second-order valence-corrected chi connectivity index (χ2v) is 7.83. The number of nitrogens with zero attached hydrogens (tertiary/aromatic N) is 1. The standard InChI is InChI=1S/C21H32N4O2.ClH/c22-14-19(16-8-3-1-4-9-16)24-20(26)17-10-7-13-25(15-17)21(27)23-18-11-5-2-6-12-18;/h2,5-6,11-12,16-17,19H,1,3-4,7-10,13-15,22H2,(H,23,27)(H,24,26);1H. The maximum absolute atomic E-state index is 12.8. The number of halogens is 1. The molecule has 2 aliphatic rings. The van der Waals surface area contributed by atoms with Crippen molar-refractivity contribution in [2.24, 2.45) is 17.6 Å². The van der Waals surface area contributed by atoms with Crippen LogP contribution in [0.25, 0.3) is 0 Å². The molecular formula is C21H33ClN4O2. The molecule has 0 aromatic heterocycles. The smallest absolute Gasteiger partial charge is 0.321 e. The highest BCUT2D eigenvalue weighted by Gasteiger charge is 2.31. The van der Waals surface area contributed by atoms with Crippen molar-refractivity contribution < 1.29 is 9.59 Å². The highest BCUT2D eigenvalue weighted by Crippen LogP contribution is 2.27. The fourth-order valence-electron chi connectivity index (χ4n) is 4.31. The Balaban J connectivity index is 0.00000280. The number of anilines is 1. The summed E-state index contributed by atoms with van der Waals surface area (Å²) in [5.74, 6) is 0.389. The van der Waals surface area contributed by atoms with E-state index in [2.05, 4.69) is 10.6 Å². The number of amides is 3. The molecule has 2 unspecified atom stereocenters. The van der Waals surface area contributed by atoms with Gasteiger partial charge in [0.2, 0.25) is 5.91 Å². The summed E-state index contributed by atoms with van der Waals surface area (Å²) < 4.78 is 0. The Kier molecular flexibility index (Phi) is 9.06. The zero-order valence-corrected chi connectivity index (χ0v) is 17.3. The first-order chi connectivity index (χ1) is 13.2. The zero-order valence-electron chi connectivity index (χ0n) is 16.4. The van der Waals surface area contributed by atoms with Gasteiger partial charge in [-0.05, 0) is 43.7 Å². The third-order valence-corrected chi connectivity index (χ3v) is 5.90. The molecule has 1 aliphatic heterocycles. The Labute approximate surface area is 174 Å². The van der Waals surface area contributed by atoms with Gasteiger partial charge in [-0.1, -0.05) is 37.5 Å². The van der Waals surface area contributed by atoms with Crippen molar-refractivity contribution in [3.63, 3.8) is 0 Å². The van der Waals surface area contributed by atoms with Crippen molar-refractivity contribution in [3.8, 4) is 0 Å². The third kappa shape index (κ3) is 6.11. The van der Waals surface area contributed by atoms with E-state index in [4.69, 9.17) is 5.73 Å². The highest BCUT2D eigenvalue weighted by molar-refractivity contribution is 5.90. The summed E-state index contributed by atoms with van der Waals surface area (Å²) in [6.45, 7) is 1.64. The number of nitrogens with two attached hydrogens (primary N) is 1. The van der Waals surface area contributed by atoms with Gasteiger partial charge >= 0.3 is 6.03 Å². The van der Waals surface area contributed by atoms with Crippen LogP contribution in [0.3, 0.4) is 0 Å². The molecule has 3 rings (SSSR count). The number of benzene rings is 1. The normalized spacial score (nSPS) is 21.3. The van der Waals surface area contributed by atoms with Crippen LogP contribution in [0.15, 0.2) is 30.3 Å². The molecule has 28 heavy (non-hydrogen) atoms. The Morgan fingerprint density at radius 2 is 1.79 bits per heavy atom. The second kappa shape index (κ2) is 11.3. The molecule has 7 heteroatoms. The van der Waals surface area contributed by atoms with E-state index in [1.54, 1.807) is 4.90 Å². The van der Waals surface area contributed by atoms with Crippen LogP contribution in [-0.2, 0) is 4.79 Å². The van der Waals surface area contributed by atoms with Gasteiger partial charge in [-0.2, -0.15) is 0 Å². The summed E-state index contributed by atoms with van der Waals surface area (Å²) >= 11 is 0. The monoisotopic (exact) mass is 408 g/mol. The summed E-state index contributed by atoms with van der Waals surface area (Å²) in [6.07, 6.45) is 7.72. The van der Waals surface area contributed by atoms with Crippen molar-refractivity contribution in [2.75, 3.05) is 25.0 Å². The van der Waals surface area contributed by atoms with E-state index in [0.29, 0.717) is 25.6 Å². The molecule has 2 fully saturated rings. The average molecular weight is 409 g/mol. The number of hydrogen-bond donors (Lipinski definition) is 3. The quantitative estimate of drug-likeness (QED) is 0.697. The molecule has 4 N–H and O–H groups in total. The van der Waals surface area contributed by atoms with Gasteiger partial charge in [-0.25, -0.2) is 4.79 Å². The molecule has 0 radical (unpaired) electrons. The van der Waals surface area contributed by atoms with Crippen LogP contribution < -0.4 is 16.4 Å². The van der Waals surface area contributed by atoms with E-state index in [9.17, 15) is 9.59 Å². The first kappa shape index (κ1) is 22.5. The molecule has 3 amide bonds. The summed E-state index contributed by atoms with van der Waals surface area (Å²) in [4.78, 5) is 27.1. The SMILES string of the molecule is Cl.NCC(NC(=O)C1CCCN(C(=O)Nc2ccccc2)C1)C1CCCCC1. The van der Waals surface area contributed by atoms with E-state index < -0.39 is 0 Å². The van der Waals surface area contributed by atoms with Crippen LogP contribution >= 0.6 is 12.4 Å². The van der Waals surface area contributed by atoms with Crippen LogP contribution in [0.4, 0.5) is 10.5 Å². The molecule has 0 spiro atoms. The van der Waals surface area contributed by atoms with Gasteiger partial charge in [0.15, 0.2) is 0 Å². The Morgan fingerprint density at radius 1 is 1.07 bits per heavy atom. The molecule has 1 saturated heterocycles. The van der Waals surface area contributed by atoms with E-state index in [1.165, 1.54) is 19.3 Å². The molecular weight excluding hydrogens is 376 g/mol. The molecule has 1 saturated carbocycles. The molecule has 1 aliphatic carbocycles. The molecule has 2 atom stereocenters. The Morgan fingerprint density at radius 3 is 2.46 bits per heavy atom. The molecule has 0 bridgehead atoms. The second-order valence-electron chi connectivity index (χ2n) is 7.83. The average Bonchev–Trinajstić information content (AvgIpc) is 2.73. The third-order valence-electron chi connectivity index (χ3n) is 5.90. The van der Waals surface area contributed by atoms with Gasteiger partial charge in [0.05, 0.1) is 5.92 Å². The number of hydrogen-bond acceptors (Lipinski definition) is 3. The number of rotatable bonds is 5. The van der Waals surface area contributed by atoms with Crippen LogP contribution in [-0.4, -0.2) is 42.5 Å². The summed E-state index contributed by atoms with van der Waals surface area (Å²) in [6, 6.07) is 9.34. The van der Waals surface area contributed by atoms with Gasteiger partial charge in [-0.3, -0.25) is 4.79 Å². The molecule has 6 nitrogen and oxygen atoms in total. The van der Waals surface area contributed by atoms with Crippen LogP contribution in [0, 0.1) is 11.8 Å². The first-order valence-corrected chi connectivity index (χ1v) is 10.3. The van der Waals surface area contributed by atoms with E-state index >= 15 is 0 Å². The predicted molar refractivity (Wildman–Crippen MR) is 115 cm³/mol. The van der Waals surface area contributed by atoms with Crippen LogP contribution in [0.5, 0.6) is 0 Å². The molecule has 1 aromatic rings. The predicted octanol–water partition coefficient (Wildman–Crippen LogP) is 3.38. The van der Waals surface area contributed by atoms with Crippen LogP contribution in [0.2, 0.25) is 0 Å². The number of para-hydroxylation sites is 1. The molecule has 1 aromatic carbocycles. The van der Waals surface area contributed by atoms with Crippen molar-refractivity contribution in [1.29, 1.82) is 0 Å². The van der Waals surface area contributed by atoms with E-state index in [1.807, 2.05) is 30.3 Å². The van der Waals surface area contributed by atoms with E-state index in [-0.39, 0.29) is 36.3 Å². The number of piperidine rings is 1. The summed E-state index contributed by atoms with van der Waals surface area (Å²) in [7, 11) is 0. The van der Waals surface area contributed by atoms with Crippen molar-refractivity contribution in [3.05, 3.63) is 30.3 Å². The van der Waals surface area contributed by atoms with Gasteiger partial charge in [0.1, 0.15) is 0 Å². The lowest BCUT2D eigenvalue weighted by Crippen LogP contribution is -2.52. The maximum Gasteiger partial charge on any atom is 0.321 e. The largest absolute Gasteiger partial charge is 0.352 e. The van der Waals surface area contributed by atoms with Crippen LogP contribution in [0.1, 0.15) is 44.9 Å². The van der Waals surface area contributed by atoms with Gasteiger partial charge in [-0.15, -0.1) is 12.4 Å². The molecule has 156 valence electrons. The number of carbonyl (C=O) groups excluding carboxylic acids is 2. The fraction of sp³-hybridized carbons (Fsp3) is 0.619. The lowest BCUT2D eigenvalue weighted by Gasteiger charge is -2.35. The lowest BCUT2D eigenvalue weighted by molar-refractivity contribution is -0.127. The summed E-state index contributed by atoms with van der Waals surface area (Å²) in [5, 5.41) is 6.10. The van der Waals surface area contributed by atoms with E-state index in [0.717, 1.165) is 31.4 Å². The number of urea groups is 1. The minimum Gasteiger partial charge on any atom is -0.352 e. The van der Waals surface area contributed by atoms with Crippen molar-refractivity contribution in [1.82, 2.24) is 10.2 Å². The zero-order chi connectivity index (χ0) is 19.1. The first-order valence-electron chi connectivity index (χ1n) is 10.3. The number of likely N-dealkylation sites (tertiary alicyclic amines) is 1. The topological polar surface area (TPSA) is 87.5 Å². The summed E-state index contributed by atoms with van der Waals surface area (Å²) in [5.41, 5.74) is 6.73.